The Morgan fingerprint density at radius 1 is 1.16 bits per heavy atom. The molecule has 0 saturated heterocycles. The molecule has 0 aliphatic heterocycles. The van der Waals surface area contributed by atoms with Gasteiger partial charge in [0.25, 0.3) is 5.91 Å². The van der Waals surface area contributed by atoms with Crippen LogP contribution in [0.25, 0.3) is 0 Å². The van der Waals surface area contributed by atoms with E-state index in [1.807, 2.05) is 0 Å². The van der Waals surface area contributed by atoms with Gasteiger partial charge in [-0.2, -0.15) is 0 Å². The molecule has 0 atom stereocenters. The maximum atomic E-state index is 11.9. The van der Waals surface area contributed by atoms with E-state index in [0.717, 1.165) is 0 Å². The van der Waals surface area contributed by atoms with E-state index in [1.54, 1.807) is 11.4 Å². The van der Waals surface area contributed by atoms with Crippen LogP contribution in [0.4, 0.5) is 5.69 Å². The van der Waals surface area contributed by atoms with Gasteiger partial charge in [-0.1, -0.05) is 23.2 Å². The summed E-state index contributed by atoms with van der Waals surface area (Å²) in [5, 5.41) is 13.6. The summed E-state index contributed by atoms with van der Waals surface area (Å²) >= 11 is 13.0. The van der Waals surface area contributed by atoms with Crippen molar-refractivity contribution in [3.63, 3.8) is 0 Å². The van der Waals surface area contributed by atoms with E-state index in [-0.39, 0.29) is 16.5 Å². The van der Waals surface area contributed by atoms with E-state index >= 15 is 0 Å². The maximum absolute atomic E-state index is 11.9. The Morgan fingerprint density at radius 2 is 1.89 bits per heavy atom. The Kier molecular flexibility index (Phi) is 4.09. The van der Waals surface area contributed by atoms with Gasteiger partial charge in [-0.05, 0) is 29.6 Å². The second-order valence-electron chi connectivity index (χ2n) is 3.55. The van der Waals surface area contributed by atoms with Crippen LogP contribution in [0.3, 0.4) is 0 Å². The first-order chi connectivity index (χ1) is 8.99. The lowest BCUT2D eigenvalue weighted by Gasteiger charge is -2.07. The number of halogens is 2. The second kappa shape index (κ2) is 5.61. The SMILES string of the molecule is O=C(O)c1ccc(NC(=O)c2sccc2Cl)c(Cl)c1. The lowest BCUT2D eigenvalue weighted by molar-refractivity contribution is 0.0696. The highest BCUT2D eigenvalue weighted by atomic mass is 35.5. The number of aromatic carboxylic acids is 1. The molecule has 0 fully saturated rings. The van der Waals surface area contributed by atoms with E-state index in [4.69, 9.17) is 28.3 Å². The molecule has 1 heterocycles. The fourth-order valence-corrected chi connectivity index (χ4v) is 2.65. The van der Waals surface area contributed by atoms with Crippen LogP contribution in [0.2, 0.25) is 10.0 Å². The van der Waals surface area contributed by atoms with Crippen molar-refractivity contribution in [1.29, 1.82) is 0 Å². The predicted molar refractivity (Wildman–Crippen MR) is 75.7 cm³/mol. The lowest BCUT2D eigenvalue weighted by atomic mass is 10.2. The number of thiophene rings is 1. The molecular formula is C12H7Cl2NO3S. The van der Waals surface area contributed by atoms with E-state index in [2.05, 4.69) is 5.32 Å². The molecule has 98 valence electrons. The smallest absolute Gasteiger partial charge is 0.335 e. The van der Waals surface area contributed by atoms with E-state index in [9.17, 15) is 9.59 Å². The summed E-state index contributed by atoms with van der Waals surface area (Å²) < 4.78 is 0. The van der Waals surface area contributed by atoms with Crippen LogP contribution >= 0.6 is 34.5 Å². The number of nitrogens with one attached hydrogen (secondary N) is 1. The number of carbonyl (C=O) groups is 2. The summed E-state index contributed by atoms with van der Waals surface area (Å²) in [5.41, 5.74) is 0.387. The van der Waals surface area contributed by atoms with E-state index in [0.29, 0.717) is 15.6 Å². The third kappa shape index (κ3) is 3.07. The number of hydrogen-bond donors (Lipinski definition) is 2. The first kappa shape index (κ1) is 13.9. The number of anilines is 1. The highest BCUT2D eigenvalue weighted by molar-refractivity contribution is 7.12. The molecule has 0 unspecified atom stereocenters. The van der Waals surface area contributed by atoms with Crippen LogP contribution in [-0.4, -0.2) is 17.0 Å². The average molecular weight is 316 g/mol. The van der Waals surface area contributed by atoms with Crippen molar-refractivity contribution in [3.05, 3.63) is 50.1 Å². The lowest BCUT2D eigenvalue weighted by Crippen LogP contribution is -2.11. The van der Waals surface area contributed by atoms with Gasteiger partial charge >= 0.3 is 5.97 Å². The third-order valence-corrected chi connectivity index (χ3v) is 3.94. The van der Waals surface area contributed by atoms with Gasteiger partial charge < -0.3 is 10.4 Å². The van der Waals surface area contributed by atoms with E-state index in [1.165, 1.54) is 29.5 Å². The molecule has 1 aromatic carbocycles. The van der Waals surface area contributed by atoms with Crippen LogP contribution in [0.5, 0.6) is 0 Å². The second-order valence-corrected chi connectivity index (χ2v) is 5.28. The maximum Gasteiger partial charge on any atom is 0.335 e. The van der Waals surface area contributed by atoms with Crippen molar-refractivity contribution < 1.29 is 14.7 Å². The summed E-state index contributed by atoms with van der Waals surface area (Å²) in [7, 11) is 0. The molecule has 0 radical (unpaired) electrons. The number of carbonyl (C=O) groups excluding carboxylic acids is 1. The highest BCUT2D eigenvalue weighted by Gasteiger charge is 2.14. The molecule has 2 aromatic rings. The Morgan fingerprint density at radius 3 is 2.42 bits per heavy atom. The first-order valence-electron chi connectivity index (χ1n) is 5.06. The average Bonchev–Trinajstić information content (AvgIpc) is 2.77. The fraction of sp³-hybridized carbons (Fsp3) is 0. The Labute approximate surface area is 122 Å². The number of rotatable bonds is 3. The van der Waals surface area contributed by atoms with Crippen molar-refractivity contribution in [2.24, 2.45) is 0 Å². The zero-order valence-electron chi connectivity index (χ0n) is 9.31. The minimum Gasteiger partial charge on any atom is -0.478 e. The molecule has 7 heteroatoms. The molecule has 0 spiro atoms. The van der Waals surface area contributed by atoms with Crippen LogP contribution in [0.15, 0.2) is 29.6 Å². The van der Waals surface area contributed by atoms with Crippen molar-refractivity contribution >= 4 is 52.1 Å². The van der Waals surface area contributed by atoms with Crippen molar-refractivity contribution in [2.75, 3.05) is 5.32 Å². The van der Waals surface area contributed by atoms with Gasteiger partial charge in [-0.3, -0.25) is 4.79 Å². The monoisotopic (exact) mass is 315 g/mol. The summed E-state index contributed by atoms with van der Waals surface area (Å²) in [6, 6.07) is 5.69. The van der Waals surface area contributed by atoms with Crippen LogP contribution in [0.1, 0.15) is 20.0 Å². The van der Waals surface area contributed by atoms with Gasteiger partial charge in [0.05, 0.1) is 21.3 Å². The molecule has 0 bridgehead atoms. The van der Waals surface area contributed by atoms with Gasteiger partial charge in [0.2, 0.25) is 0 Å². The molecular weight excluding hydrogens is 309 g/mol. The third-order valence-electron chi connectivity index (χ3n) is 2.29. The minimum atomic E-state index is -1.08. The molecule has 0 aliphatic carbocycles. The molecule has 0 saturated carbocycles. The van der Waals surface area contributed by atoms with Crippen molar-refractivity contribution in [1.82, 2.24) is 0 Å². The molecule has 0 aliphatic rings. The van der Waals surface area contributed by atoms with Gasteiger partial charge in [0.15, 0.2) is 0 Å². The highest BCUT2D eigenvalue weighted by Crippen LogP contribution is 2.27. The molecule has 2 N–H and O–H groups in total. The summed E-state index contributed by atoms with van der Waals surface area (Å²) in [6.07, 6.45) is 0. The first-order valence-corrected chi connectivity index (χ1v) is 6.70. The topological polar surface area (TPSA) is 66.4 Å². The Hall–Kier alpha value is -1.56. The number of hydrogen-bond acceptors (Lipinski definition) is 3. The standard InChI is InChI=1S/C12H7Cl2NO3S/c13-7-3-4-19-10(7)11(16)15-9-2-1-6(12(17)18)5-8(9)14/h1-5H,(H,15,16)(H,17,18). The van der Waals surface area contributed by atoms with Gasteiger partial charge in [0, 0.05) is 0 Å². The van der Waals surface area contributed by atoms with Gasteiger partial charge in [0.1, 0.15) is 4.88 Å². The normalized spacial score (nSPS) is 10.2. The summed E-state index contributed by atoms with van der Waals surface area (Å²) in [4.78, 5) is 23.0. The fourth-order valence-electron chi connectivity index (χ4n) is 1.38. The van der Waals surface area contributed by atoms with Crippen LogP contribution in [-0.2, 0) is 0 Å². The molecule has 19 heavy (non-hydrogen) atoms. The number of carboxylic acid groups (broad SMARTS) is 1. The minimum absolute atomic E-state index is 0.0529. The van der Waals surface area contributed by atoms with Crippen LogP contribution in [0, 0.1) is 0 Å². The molecule has 2 rings (SSSR count). The largest absolute Gasteiger partial charge is 0.478 e. The number of carboxylic acids is 1. The molecule has 1 amide bonds. The van der Waals surface area contributed by atoms with Crippen molar-refractivity contribution in [2.45, 2.75) is 0 Å². The van der Waals surface area contributed by atoms with Gasteiger partial charge in [-0.15, -0.1) is 11.3 Å². The van der Waals surface area contributed by atoms with Crippen molar-refractivity contribution in [3.8, 4) is 0 Å². The number of amides is 1. The zero-order chi connectivity index (χ0) is 14.0. The van der Waals surface area contributed by atoms with E-state index < -0.39 is 5.97 Å². The molecule has 1 aromatic heterocycles. The quantitative estimate of drug-likeness (QED) is 0.899. The van der Waals surface area contributed by atoms with Gasteiger partial charge in [-0.25, -0.2) is 4.79 Å². The Balaban J connectivity index is 2.23. The zero-order valence-corrected chi connectivity index (χ0v) is 11.6. The Bertz CT molecular complexity index is 654. The summed E-state index contributed by atoms with van der Waals surface area (Å²) in [5.74, 6) is -1.47. The molecule has 4 nitrogen and oxygen atoms in total. The summed E-state index contributed by atoms with van der Waals surface area (Å²) in [6.45, 7) is 0. The number of benzene rings is 1. The predicted octanol–water partition coefficient (Wildman–Crippen LogP) is 4.01. The van der Waals surface area contributed by atoms with Crippen LogP contribution < -0.4 is 5.32 Å².